The minimum absolute atomic E-state index is 0.0505. The van der Waals surface area contributed by atoms with Crippen LogP contribution < -0.4 is 9.64 Å². The number of carbonyl (C=O) groups excluding carboxylic acids is 1. The van der Waals surface area contributed by atoms with Gasteiger partial charge >= 0.3 is 0 Å². The summed E-state index contributed by atoms with van der Waals surface area (Å²) in [5, 5.41) is 10.7. The normalized spacial score (nSPS) is 18.8. The van der Waals surface area contributed by atoms with Crippen LogP contribution in [0.15, 0.2) is 66.7 Å². The molecule has 3 aromatic rings. The molecule has 0 spiro atoms. The standard InChI is InChI=1S/C31H36N2O3/c1-22-8-6-12-28(23(22)2)33-16-14-32(15-17-33)20-27(34)21-36-29-13-7-11-25-19-26(31(35)30(25)29)18-24-9-4-3-5-10-24/h3-13,26-27,34H,14-21H2,1-2H3/t26-,27+/m0/s1. The molecule has 0 bridgehead atoms. The van der Waals surface area contributed by atoms with E-state index in [0.717, 1.165) is 44.6 Å². The van der Waals surface area contributed by atoms with Crippen molar-refractivity contribution < 1.29 is 14.6 Å². The van der Waals surface area contributed by atoms with E-state index in [-0.39, 0.29) is 18.3 Å². The zero-order valence-electron chi connectivity index (χ0n) is 21.3. The number of ether oxygens (including phenoxy) is 1. The maximum absolute atomic E-state index is 13.2. The van der Waals surface area contributed by atoms with Crippen LogP contribution in [0, 0.1) is 19.8 Å². The molecule has 1 fully saturated rings. The van der Waals surface area contributed by atoms with E-state index in [1.807, 2.05) is 36.4 Å². The van der Waals surface area contributed by atoms with Gasteiger partial charge in [0.05, 0.1) is 5.56 Å². The van der Waals surface area contributed by atoms with Gasteiger partial charge in [0.15, 0.2) is 5.78 Å². The van der Waals surface area contributed by atoms with Crippen LogP contribution >= 0.6 is 0 Å². The Balaban J connectivity index is 1.13. The predicted octanol–water partition coefficient (Wildman–Crippen LogP) is 4.46. The number of β-amino-alcohol motifs (C(OH)–C–C–N with tert-alkyl or cyclic N) is 1. The largest absolute Gasteiger partial charge is 0.490 e. The van der Waals surface area contributed by atoms with Crippen molar-refractivity contribution in [3.8, 4) is 5.75 Å². The van der Waals surface area contributed by atoms with Gasteiger partial charge in [-0.25, -0.2) is 0 Å². The highest BCUT2D eigenvalue weighted by atomic mass is 16.5. The monoisotopic (exact) mass is 484 g/mol. The van der Waals surface area contributed by atoms with E-state index >= 15 is 0 Å². The van der Waals surface area contributed by atoms with Crippen molar-refractivity contribution in [1.29, 1.82) is 0 Å². The maximum atomic E-state index is 13.2. The summed E-state index contributed by atoms with van der Waals surface area (Å²) in [6.07, 6.45) is 0.877. The van der Waals surface area contributed by atoms with Crippen molar-refractivity contribution in [2.45, 2.75) is 32.8 Å². The Kier molecular flexibility index (Phi) is 7.40. The minimum Gasteiger partial charge on any atom is -0.490 e. The molecule has 0 aromatic heterocycles. The zero-order chi connectivity index (χ0) is 25.1. The summed E-state index contributed by atoms with van der Waals surface area (Å²) >= 11 is 0. The second-order valence-corrected chi connectivity index (χ2v) is 10.2. The Bertz CT molecular complexity index is 1200. The number of rotatable bonds is 8. The molecule has 36 heavy (non-hydrogen) atoms. The number of benzene rings is 3. The number of ketones is 1. The average Bonchev–Trinajstić information content (AvgIpc) is 3.21. The molecule has 5 nitrogen and oxygen atoms in total. The lowest BCUT2D eigenvalue weighted by atomic mass is 9.96. The highest BCUT2D eigenvalue weighted by molar-refractivity contribution is 6.04. The van der Waals surface area contributed by atoms with Crippen LogP contribution in [0.2, 0.25) is 0 Å². The number of aliphatic hydroxyl groups is 1. The molecule has 1 saturated heterocycles. The number of Topliss-reactive ketones (excluding diaryl/α,β-unsaturated/α-hetero) is 1. The topological polar surface area (TPSA) is 53.0 Å². The Morgan fingerprint density at radius 1 is 0.944 bits per heavy atom. The van der Waals surface area contributed by atoms with Crippen LogP contribution in [0.4, 0.5) is 5.69 Å². The minimum atomic E-state index is -0.607. The molecule has 2 aliphatic rings. The summed E-state index contributed by atoms with van der Waals surface area (Å²) in [7, 11) is 0. The first-order valence-electron chi connectivity index (χ1n) is 13.0. The smallest absolute Gasteiger partial charge is 0.170 e. The van der Waals surface area contributed by atoms with Gasteiger partial charge in [0.1, 0.15) is 18.5 Å². The van der Waals surface area contributed by atoms with Crippen molar-refractivity contribution in [2.24, 2.45) is 5.92 Å². The lowest BCUT2D eigenvalue weighted by Gasteiger charge is -2.37. The van der Waals surface area contributed by atoms with E-state index in [4.69, 9.17) is 4.74 Å². The summed E-state index contributed by atoms with van der Waals surface area (Å²) in [5.41, 5.74) is 6.91. The van der Waals surface area contributed by atoms with Crippen LogP contribution in [-0.4, -0.2) is 61.2 Å². The van der Waals surface area contributed by atoms with Gasteiger partial charge in [-0.3, -0.25) is 9.69 Å². The molecule has 0 unspecified atom stereocenters. The fourth-order valence-corrected chi connectivity index (χ4v) is 5.56. The van der Waals surface area contributed by atoms with Gasteiger partial charge in [-0.15, -0.1) is 0 Å². The highest BCUT2D eigenvalue weighted by Crippen LogP contribution is 2.35. The van der Waals surface area contributed by atoms with Crippen LogP contribution in [-0.2, 0) is 12.8 Å². The molecule has 0 saturated carbocycles. The van der Waals surface area contributed by atoms with E-state index < -0.39 is 6.10 Å². The van der Waals surface area contributed by atoms with E-state index in [1.165, 1.54) is 22.4 Å². The van der Waals surface area contributed by atoms with Gasteiger partial charge in [0.2, 0.25) is 0 Å². The highest BCUT2D eigenvalue weighted by Gasteiger charge is 2.33. The van der Waals surface area contributed by atoms with E-state index in [2.05, 4.69) is 54.0 Å². The van der Waals surface area contributed by atoms with Gasteiger partial charge in [0, 0.05) is 44.3 Å². The molecule has 1 aliphatic carbocycles. The van der Waals surface area contributed by atoms with Crippen molar-refractivity contribution >= 4 is 11.5 Å². The van der Waals surface area contributed by atoms with E-state index in [0.29, 0.717) is 17.9 Å². The van der Waals surface area contributed by atoms with Gasteiger partial charge in [-0.2, -0.15) is 0 Å². The zero-order valence-corrected chi connectivity index (χ0v) is 21.3. The van der Waals surface area contributed by atoms with Crippen molar-refractivity contribution in [3.05, 3.63) is 94.5 Å². The fraction of sp³-hybridized carbons (Fsp3) is 0.387. The molecule has 2 atom stereocenters. The van der Waals surface area contributed by atoms with Gasteiger partial charge in [-0.05, 0) is 61.1 Å². The van der Waals surface area contributed by atoms with Crippen molar-refractivity contribution in [3.63, 3.8) is 0 Å². The van der Waals surface area contributed by atoms with E-state index in [1.54, 1.807) is 0 Å². The predicted molar refractivity (Wildman–Crippen MR) is 144 cm³/mol. The Labute approximate surface area is 214 Å². The Morgan fingerprint density at radius 3 is 2.47 bits per heavy atom. The van der Waals surface area contributed by atoms with Gasteiger partial charge < -0.3 is 14.7 Å². The molecule has 5 rings (SSSR count). The number of nitrogens with zero attached hydrogens (tertiary/aromatic N) is 2. The number of piperazine rings is 1. The van der Waals surface area contributed by atoms with Gasteiger partial charge in [-0.1, -0.05) is 54.6 Å². The number of hydrogen-bond acceptors (Lipinski definition) is 5. The molecular weight excluding hydrogens is 448 g/mol. The first-order valence-corrected chi connectivity index (χ1v) is 13.0. The molecular formula is C31H36N2O3. The summed E-state index contributed by atoms with van der Waals surface area (Å²) in [6.45, 7) is 8.81. The number of anilines is 1. The fourth-order valence-electron chi connectivity index (χ4n) is 5.56. The number of aryl methyl sites for hydroxylation is 1. The molecule has 1 aliphatic heterocycles. The second-order valence-electron chi connectivity index (χ2n) is 10.2. The molecule has 0 radical (unpaired) electrons. The first kappa shape index (κ1) is 24.5. The third-order valence-electron chi connectivity index (χ3n) is 7.71. The summed E-state index contributed by atoms with van der Waals surface area (Å²) in [4.78, 5) is 18.0. The number of aliphatic hydroxyl groups excluding tert-OH is 1. The lowest BCUT2D eigenvalue weighted by Crippen LogP contribution is -2.49. The van der Waals surface area contributed by atoms with Crippen LogP contribution in [0.25, 0.3) is 0 Å². The summed E-state index contributed by atoms with van der Waals surface area (Å²) in [6, 6.07) is 22.5. The van der Waals surface area contributed by atoms with Crippen LogP contribution in [0.5, 0.6) is 5.75 Å². The SMILES string of the molecule is Cc1cccc(N2CCN(C[C@@H](O)COc3cccc4c3C(=O)[C@@H](Cc3ccccc3)C4)CC2)c1C. The Hall–Kier alpha value is -3.15. The quantitative estimate of drug-likeness (QED) is 0.512. The molecule has 188 valence electrons. The molecule has 5 heteroatoms. The maximum Gasteiger partial charge on any atom is 0.170 e. The number of carbonyl (C=O) groups is 1. The molecule has 0 amide bonds. The van der Waals surface area contributed by atoms with E-state index in [9.17, 15) is 9.90 Å². The Morgan fingerprint density at radius 2 is 1.69 bits per heavy atom. The van der Waals surface area contributed by atoms with Crippen molar-refractivity contribution in [1.82, 2.24) is 4.90 Å². The number of fused-ring (bicyclic) bond motifs is 1. The first-order chi connectivity index (χ1) is 17.5. The van der Waals surface area contributed by atoms with Crippen LogP contribution in [0.1, 0.15) is 32.6 Å². The number of hydrogen-bond donors (Lipinski definition) is 1. The third kappa shape index (κ3) is 5.32. The molecule has 1 N–H and O–H groups in total. The summed E-state index contributed by atoms with van der Waals surface area (Å²) < 4.78 is 6.03. The van der Waals surface area contributed by atoms with Crippen molar-refractivity contribution in [2.75, 3.05) is 44.2 Å². The summed E-state index contributed by atoms with van der Waals surface area (Å²) in [5.74, 6) is 0.707. The molecule has 1 heterocycles. The molecule has 3 aromatic carbocycles. The van der Waals surface area contributed by atoms with Gasteiger partial charge in [0.25, 0.3) is 0 Å². The van der Waals surface area contributed by atoms with Crippen LogP contribution in [0.3, 0.4) is 0 Å². The lowest BCUT2D eigenvalue weighted by molar-refractivity contribution is 0.0655. The second kappa shape index (κ2) is 10.9. The third-order valence-corrected chi connectivity index (χ3v) is 7.71. The average molecular weight is 485 g/mol.